The van der Waals surface area contributed by atoms with Crippen LogP contribution in [-0.4, -0.2) is 29.5 Å². The zero-order chi connectivity index (χ0) is 22.2. The lowest BCUT2D eigenvalue weighted by molar-refractivity contribution is -0.143. The van der Waals surface area contributed by atoms with Gasteiger partial charge in [-0.25, -0.2) is 22.9 Å². The van der Waals surface area contributed by atoms with Gasteiger partial charge in [0.15, 0.2) is 11.5 Å². The van der Waals surface area contributed by atoms with E-state index in [9.17, 15) is 35.9 Å². The van der Waals surface area contributed by atoms with Gasteiger partial charge in [0.25, 0.3) is 0 Å². The van der Waals surface area contributed by atoms with Gasteiger partial charge >= 0.3 is 12.2 Å². The zero-order valence-corrected chi connectivity index (χ0v) is 15.3. The van der Waals surface area contributed by atoms with Gasteiger partial charge in [-0.15, -0.1) is 0 Å². The van der Waals surface area contributed by atoms with Gasteiger partial charge in [0, 0.05) is 23.9 Å². The molecule has 2 aromatic rings. The SMILES string of the molecule is O=C1NCC(C(=O)N[C@@H](c2cnc(C(F)(F)F)c(F)c2)c2ccc(F)c(Cl)c2F)N1. The number of pyridine rings is 1. The number of hydrogen-bond acceptors (Lipinski definition) is 3. The largest absolute Gasteiger partial charge is 0.436 e. The Morgan fingerprint density at radius 2 is 1.93 bits per heavy atom. The van der Waals surface area contributed by atoms with Crippen molar-refractivity contribution < 1.29 is 35.9 Å². The van der Waals surface area contributed by atoms with Gasteiger partial charge < -0.3 is 16.0 Å². The second-order valence-corrected chi connectivity index (χ2v) is 6.59. The fourth-order valence-electron chi connectivity index (χ4n) is 2.78. The number of nitrogens with one attached hydrogen (secondary N) is 3. The van der Waals surface area contributed by atoms with Crippen LogP contribution in [-0.2, 0) is 11.0 Å². The van der Waals surface area contributed by atoms with E-state index in [4.69, 9.17) is 11.6 Å². The molecule has 13 heteroatoms. The van der Waals surface area contributed by atoms with Crippen LogP contribution in [0.2, 0.25) is 5.02 Å². The van der Waals surface area contributed by atoms with Crippen LogP contribution in [0.1, 0.15) is 22.9 Å². The van der Waals surface area contributed by atoms with E-state index in [2.05, 4.69) is 20.9 Å². The fraction of sp³-hybridized carbons (Fsp3) is 0.235. The topological polar surface area (TPSA) is 83.1 Å². The Hall–Kier alpha value is -3.02. The first kappa shape index (κ1) is 21.7. The van der Waals surface area contributed by atoms with E-state index < -0.39 is 63.9 Å². The van der Waals surface area contributed by atoms with Gasteiger partial charge in [-0.05, 0) is 12.1 Å². The molecular formula is C17H11ClF6N4O2. The fourth-order valence-corrected chi connectivity index (χ4v) is 2.95. The Labute approximate surface area is 169 Å². The van der Waals surface area contributed by atoms with Crippen molar-refractivity contribution in [2.75, 3.05) is 6.54 Å². The molecule has 1 unspecified atom stereocenters. The number of aromatic nitrogens is 1. The van der Waals surface area contributed by atoms with E-state index in [0.717, 1.165) is 12.1 Å². The molecule has 3 N–H and O–H groups in total. The molecule has 3 amide bonds. The summed E-state index contributed by atoms with van der Waals surface area (Å²) in [7, 11) is 0. The van der Waals surface area contributed by atoms with E-state index in [0.29, 0.717) is 12.3 Å². The molecule has 0 spiro atoms. The van der Waals surface area contributed by atoms with Crippen molar-refractivity contribution >= 4 is 23.5 Å². The summed E-state index contributed by atoms with van der Waals surface area (Å²) in [4.78, 5) is 26.7. The average Bonchev–Trinajstić information content (AvgIpc) is 3.10. The maximum atomic E-state index is 14.6. The lowest BCUT2D eigenvalue weighted by Crippen LogP contribution is -2.44. The first-order valence-electron chi connectivity index (χ1n) is 8.19. The molecule has 2 heterocycles. The predicted octanol–water partition coefficient (Wildman–Crippen LogP) is 3.06. The number of carbonyl (C=O) groups is 2. The average molecular weight is 453 g/mol. The van der Waals surface area contributed by atoms with Crippen LogP contribution in [0, 0.1) is 17.5 Å². The number of carbonyl (C=O) groups excluding carboxylic acids is 2. The lowest BCUT2D eigenvalue weighted by Gasteiger charge is -2.23. The van der Waals surface area contributed by atoms with Crippen molar-refractivity contribution in [2.45, 2.75) is 18.3 Å². The van der Waals surface area contributed by atoms with E-state index in [1.807, 2.05) is 0 Å². The predicted molar refractivity (Wildman–Crippen MR) is 90.9 cm³/mol. The van der Waals surface area contributed by atoms with Crippen molar-refractivity contribution in [3.8, 4) is 0 Å². The first-order valence-corrected chi connectivity index (χ1v) is 8.57. The van der Waals surface area contributed by atoms with Crippen LogP contribution < -0.4 is 16.0 Å². The molecule has 2 atom stereocenters. The molecule has 3 rings (SSSR count). The Bertz CT molecular complexity index is 1020. The lowest BCUT2D eigenvalue weighted by atomic mass is 9.98. The minimum absolute atomic E-state index is 0.121. The van der Waals surface area contributed by atoms with Crippen LogP contribution in [0.3, 0.4) is 0 Å². The van der Waals surface area contributed by atoms with E-state index >= 15 is 0 Å². The quantitative estimate of drug-likeness (QED) is 0.492. The molecule has 0 bridgehead atoms. The van der Waals surface area contributed by atoms with Crippen molar-refractivity contribution in [2.24, 2.45) is 0 Å². The maximum absolute atomic E-state index is 14.6. The van der Waals surface area contributed by atoms with Crippen LogP contribution in [0.25, 0.3) is 0 Å². The van der Waals surface area contributed by atoms with Gasteiger partial charge in [0.05, 0.1) is 6.04 Å². The van der Waals surface area contributed by atoms with Gasteiger partial charge in [0.1, 0.15) is 22.7 Å². The summed E-state index contributed by atoms with van der Waals surface area (Å²) < 4.78 is 80.4. The van der Waals surface area contributed by atoms with E-state index in [1.165, 1.54) is 0 Å². The molecule has 1 aromatic carbocycles. The Morgan fingerprint density at radius 1 is 1.23 bits per heavy atom. The molecular weight excluding hydrogens is 442 g/mol. The number of nitrogens with zero attached hydrogens (tertiary/aromatic N) is 1. The van der Waals surface area contributed by atoms with Crippen LogP contribution in [0.15, 0.2) is 24.4 Å². The number of amides is 3. The first-order chi connectivity index (χ1) is 14.0. The highest BCUT2D eigenvalue weighted by atomic mass is 35.5. The van der Waals surface area contributed by atoms with Gasteiger partial charge in [0.2, 0.25) is 5.91 Å². The van der Waals surface area contributed by atoms with Crippen LogP contribution in [0.4, 0.5) is 31.1 Å². The minimum atomic E-state index is -5.08. The molecule has 1 saturated heterocycles. The summed E-state index contributed by atoms with van der Waals surface area (Å²) in [6.07, 6.45) is -4.48. The highest BCUT2D eigenvalue weighted by Crippen LogP contribution is 2.33. The summed E-state index contributed by atoms with van der Waals surface area (Å²) in [5.74, 6) is -5.05. The normalized spacial score (nSPS) is 17.3. The Kier molecular flexibility index (Phi) is 5.79. The van der Waals surface area contributed by atoms with Crippen molar-refractivity contribution in [3.63, 3.8) is 0 Å². The number of urea groups is 1. The van der Waals surface area contributed by atoms with Gasteiger partial charge in [-0.2, -0.15) is 13.2 Å². The highest BCUT2D eigenvalue weighted by Gasteiger charge is 2.37. The summed E-state index contributed by atoms with van der Waals surface area (Å²) in [5.41, 5.74) is -2.62. The Morgan fingerprint density at radius 3 is 2.50 bits per heavy atom. The van der Waals surface area contributed by atoms with E-state index in [1.54, 1.807) is 0 Å². The molecule has 1 aliphatic rings. The summed E-state index contributed by atoms with van der Waals surface area (Å²) in [5, 5.41) is 5.92. The summed E-state index contributed by atoms with van der Waals surface area (Å²) in [6, 6.07) is -1.24. The number of benzene rings is 1. The molecule has 1 fully saturated rings. The number of rotatable bonds is 4. The Balaban J connectivity index is 2.04. The third kappa shape index (κ3) is 4.27. The summed E-state index contributed by atoms with van der Waals surface area (Å²) >= 11 is 5.55. The molecule has 0 saturated carbocycles. The van der Waals surface area contributed by atoms with Crippen molar-refractivity contribution in [1.82, 2.24) is 20.9 Å². The molecule has 0 radical (unpaired) electrons. The maximum Gasteiger partial charge on any atom is 0.436 e. The zero-order valence-electron chi connectivity index (χ0n) is 14.6. The van der Waals surface area contributed by atoms with E-state index in [-0.39, 0.29) is 12.1 Å². The monoisotopic (exact) mass is 452 g/mol. The molecule has 0 aliphatic carbocycles. The minimum Gasteiger partial charge on any atom is -0.343 e. The van der Waals surface area contributed by atoms with Gasteiger partial charge in [-0.1, -0.05) is 17.7 Å². The van der Waals surface area contributed by atoms with Crippen molar-refractivity contribution in [3.05, 3.63) is 63.7 Å². The molecule has 1 aliphatic heterocycles. The molecule has 160 valence electrons. The third-order valence-corrected chi connectivity index (χ3v) is 4.56. The standard InChI is InChI=1S/C17H11ClF6N4O2/c18-11-8(19)2-1-7(12(11)21)13(28-15(29)10-5-26-16(30)27-10)6-3-9(20)14(25-4-6)17(22,23)24/h1-4,10,13H,5H2,(H,28,29)(H2,26,27,30)/t10?,13-/m0/s1. The number of alkyl halides is 3. The van der Waals surface area contributed by atoms with Gasteiger partial charge in [-0.3, -0.25) is 4.79 Å². The number of hydrogen-bond donors (Lipinski definition) is 3. The van der Waals surface area contributed by atoms with Crippen LogP contribution >= 0.6 is 11.6 Å². The molecule has 30 heavy (non-hydrogen) atoms. The second-order valence-electron chi connectivity index (χ2n) is 6.21. The van der Waals surface area contributed by atoms with Crippen LogP contribution in [0.5, 0.6) is 0 Å². The molecule has 1 aromatic heterocycles. The molecule has 6 nitrogen and oxygen atoms in total. The highest BCUT2D eigenvalue weighted by molar-refractivity contribution is 6.31. The summed E-state index contributed by atoms with van der Waals surface area (Å²) in [6.45, 7) is -0.121. The smallest absolute Gasteiger partial charge is 0.343 e. The number of halogens is 7. The second kappa shape index (κ2) is 8.01. The third-order valence-electron chi connectivity index (χ3n) is 4.22. The van der Waals surface area contributed by atoms with Crippen molar-refractivity contribution in [1.29, 1.82) is 0 Å².